The maximum atomic E-state index is 12.5. The van der Waals surface area contributed by atoms with Crippen LogP contribution in [0.4, 0.5) is 0 Å². The van der Waals surface area contributed by atoms with Crippen molar-refractivity contribution in [1.29, 1.82) is 0 Å². The Labute approximate surface area is 131 Å². The zero-order valence-corrected chi connectivity index (χ0v) is 13.8. The number of carbonyl (C=O) groups excluding carboxylic acids is 1. The van der Waals surface area contributed by atoms with Gasteiger partial charge in [-0.25, -0.2) is 0 Å². The van der Waals surface area contributed by atoms with Gasteiger partial charge < -0.3 is 23.7 Å². The third-order valence-electron chi connectivity index (χ3n) is 2.81. The highest BCUT2D eigenvalue weighted by Gasteiger charge is 2.21. The van der Waals surface area contributed by atoms with E-state index in [4.69, 9.17) is 23.7 Å². The Kier molecular flexibility index (Phi) is 7.70. The van der Waals surface area contributed by atoms with Crippen LogP contribution in [0, 0.1) is 5.92 Å². The SMILES string of the molecule is COCOc1cc(OC)c(C(=O)CC(C)C)c(OCOC)c1. The molecule has 0 saturated heterocycles. The van der Waals surface area contributed by atoms with E-state index in [1.165, 1.54) is 21.3 Å². The van der Waals surface area contributed by atoms with E-state index in [0.29, 0.717) is 29.2 Å². The van der Waals surface area contributed by atoms with Gasteiger partial charge in [-0.3, -0.25) is 4.79 Å². The van der Waals surface area contributed by atoms with Gasteiger partial charge in [0.05, 0.1) is 7.11 Å². The lowest BCUT2D eigenvalue weighted by molar-refractivity contribution is 0.0452. The maximum absolute atomic E-state index is 12.5. The molecule has 0 aliphatic carbocycles. The Morgan fingerprint density at radius 3 is 2.14 bits per heavy atom. The number of ether oxygens (including phenoxy) is 5. The predicted molar refractivity (Wildman–Crippen MR) is 81.8 cm³/mol. The van der Waals surface area contributed by atoms with Crippen molar-refractivity contribution in [2.75, 3.05) is 34.9 Å². The minimum atomic E-state index is -0.0451. The van der Waals surface area contributed by atoms with Gasteiger partial charge in [0.25, 0.3) is 0 Å². The molecule has 0 N–H and O–H groups in total. The summed E-state index contributed by atoms with van der Waals surface area (Å²) < 4.78 is 26.0. The second kappa shape index (κ2) is 9.27. The summed E-state index contributed by atoms with van der Waals surface area (Å²) in [7, 11) is 4.54. The molecule has 0 atom stereocenters. The monoisotopic (exact) mass is 312 g/mol. The van der Waals surface area contributed by atoms with Gasteiger partial charge in [-0.15, -0.1) is 0 Å². The number of hydrogen-bond donors (Lipinski definition) is 0. The molecule has 0 bridgehead atoms. The smallest absolute Gasteiger partial charge is 0.188 e. The first kappa shape index (κ1) is 18.3. The van der Waals surface area contributed by atoms with Gasteiger partial charge in [-0.2, -0.15) is 0 Å². The first-order valence-electron chi connectivity index (χ1n) is 7.02. The van der Waals surface area contributed by atoms with Crippen molar-refractivity contribution in [3.63, 3.8) is 0 Å². The summed E-state index contributed by atoms with van der Waals surface area (Å²) in [5.41, 5.74) is 0.401. The summed E-state index contributed by atoms with van der Waals surface area (Å²) in [5.74, 6) is 1.46. The number of rotatable bonds is 10. The topological polar surface area (TPSA) is 63.2 Å². The molecule has 0 spiro atoms. The van der Waals surface area contributed by atoms with Crippen LogP contribution in [-0.2, 0) is 9.47 Å². The van der Waals surface area contributed by atoms with Crippen molar-refractivity contribution in [3.8, 4) is 17.2 Å². The standard InChI is InChI=1S/C16H24O6/c1-11(2)6-13(17)16-14(20-5)7-12(21-9-18-3)8-15(16)22-10-19-4/h7-8,11H,6,9-10H2,1-5H3. The van der Waals surface area contributed by atoms with E-state index >= 15 is 0 Å². The largest absolute Gasteiger partial charge is 0.496 e. The fourth-order valence-corrected chi connectivity index (χ4v) is 1.92. The molecular weight excluding hydrogens is 288 g/mol. The Hall–Kier alpha value is -1.79. The van der Waals surface area contributed by atoms with Crippen LogP contribution in [0.3, 0.4) is 0 Å². The fraction of sp³-hybridized carbons (Fsp3) is 0.562. The van der Waals surface area contributed by atoms with Crippen LogP contribution in [0.1, 0.15) is 30.6 Å². The van der Waals surface area contributed by atoms with Crippen LogP contribution in [0.5, 0.6) is 17.2 Å². The predicted octanol–water partition coefficient (Wildman–Crippen LogP) is 2.89. The molecular formula is C16H24O6. The van der Waals surface area contributed by atoms with Crippen molar-refractivity contribution >= 4 is 5.78 Å². The molecule has 0 fully saturated rings. The van der Waals surface area contributed by atoms with E-state index in [1.54, 1.807) is 12.1 Å². The molecule has 1 aromatic carbocycles. The molecule has 124 valence electrons. The Morgan fingerprint density at radius 1 is 1.00 bits per heavy atom. The zero-order valence-electron chi connectivity index (χ0n) is 13.8. The average molecular weight is 312 g/mol. The molecule has 0 aliphatic rings. The van der Waals surface area contributed by atoms with Crippen LogP contribution in [-0.4, -0.2) is 40.7 Å². The quantitative estimate of drug-likeness (QED) is 0.489. The number of benzene rings is 1. The molecule has 0 heterocycles. The molecule has 6 heteroatoms. The molecule has 0 radical (unpaired) electrons. The number of Topliss-reactive ketones (excluding diaryl/α,β-unsaturated/α-hetero) is 1. The van der Waals surface area contributed by atoms with Crippen molar-refractivity contribution in [1.82, 2.24) is 0 Å². The molecule has 1 rings (SSSR count). The lowest BCUT2D eigenvalue weighted by Crippen LogP contribution is -2.11. The molecule has 22 heavy (non-hydrogen) atoms. The molecule has 0 amide bonds. The molecule has 0 unspecified atom stereocenters. The summed E-state index contributed by atoms with van der Waals surface area (Å²) in [6, 6.07) is 3.28. The van der Waals surface area contributed by atoms with Crippen molar-refractivity contribution in [2.24, 2.45) is 5.92 Å². The van der Waals surface area contributed by atoms with Gasteiger partial charge >= 0.3 is 0 Å². The summed E-state index contributed by atoms with van der Waals surface area (Å²) in [6.07, 6.45) is 0.401. The van der Waals surface area contributed by atoms with Crippen LogP contribution in [0.2, 0.25) is 0 Å². The number of ketones is 1. The van der Waals surface area contributed by atoms with Gasteiger partial charge in [0.2, 0.25) is 0 Å². The summed E-state index contributed by atoms with van der Waals surface area (Å²) in [6.45, 7) is 4.08. The summed E-state index contributed by atoms with van der Waals surface area (Å²) in [5, 5.41) is 0. The maximum Gasteiger partial charge on any atom is 0.188 e. The minimum Gasteiger partial charge on any atom is -0.496 e. The fourth-order valence-electron chi connectivity index (χ4n) is 1.92. The summed E-state index contributed by atoms with van der Waals surface area (Å²) >= 11 is 0. The highest BCUT2D eigenvalue weighted by atomic mass is 16.7. The van der Waals surface area contributed by atoms with Gasteiger partial charge in [-0.1, -0.05) is 13.8 Å². The number of carbonyl (C=O) groups is 1. The van der Waals surface area contributed by atoms with Crippen LogP contribution in [0.25, 0.3) is 0 Å². The van der Waals surface area contributed by atoms with Gasteiger partial charge in [-0.05, 0) is 5.92 Å². The van der Waals surface area contributed by atoms with E-state index in [0.717, 1.165) is 0 Å². The Morgan fingerprint density at radius 2 is 1.59 bits per heavy atom. The third kappa shape index (κ3) is 5.20. The second-order valence-corrected chi connectivity index (χ2v) is 5.12. The lowest BCUT2D eigenvalue weighted by Gasteiger charge is -2.16. The van der Waals surface area contributed by atoms with Crippen molar-refractivity contribution in [3.05, 3.63) is 17.7 Å². The van der Waals surface area contributed by atoms with Crippen LogP contribution >= 0.6 is 0 Å². The lowest BCUT2D eigenvalue weighted by atomic mass is 9.99. The van der Waals surface area contributed by atoms with E-state index in [2.05, 4.69) is 0 Å². The minimum absolute atomic E-state index is 0.0266. The number of methoxy groups -OCH3 is 3. The van der Waals surface area contributed by atoms with Crippen molar-refractivity contribution < 1.29 is 28.5 Å². The first-order valence-corrected chi connectivity index (χ1v) is 7.02. The molecule has 1 aromatic rings. The second-order valence-electron chi connectivity index (χ2n) is 5.12. The summed E-state index contributed by atoms with van der Waals surface area (Å²) in [4.78, 5) is 12.5. The van der Waals surface area contributed by atoms with Crippen LogP contribution < -0.4 is 14.2 Å². The Balaban J connectivity index is 3.21. The molecule has 6 nitrogen and oxygen atoms in total. The Bertz CT molecular complexity index is 484. The highest BCUT2D eigenvalue weighted by Crippen LogP contribution is 2.35. The van der Waals surface area contributed by atoms with E-state index in [-0.39, 0.29) is 25.3 Å². The zero-order chi connectivity index (χ0) is 16.5. The van der Waals surface area contributed by atoms with Crippen LogP contribution in [0.15, 0.2) is 12.1 Å². The average Bonchev–Trinajstić information content (AvgIpc) is 2.49. The third-order valence-corrected chi connectivity index (χ3v) is 2.81. The number of hydrogen-bond acceptors (Lipinski definition) is 6. The molecule has 0 aliphatic heterocycles. The normalized spacial score (nSPS) is 10.6. The first-order chi connectivity index (χ1) is 10.5. The molecule has 0 saturated carbocycles. The van der Waals surface area contributed by atoms with Gasteiger partial charge in [0, 0.05) is 32.8 Å². The highest BCUT2D eigenvalue weighted by molar-refractivity contribution is 6.01. The van der Waals surface area contributed by atoms with E-state index in [9.17, 15) is 4.79 Å². The van der Waals surface area contributed by atoms with E-state index < -0.39 is 0 Å². The van der Waals surface area contributed by atoms with Crippen molar-refractivity contribution in [2.45, 2.75) is 20.3 Å². The van der Waals surface area contributed by atoms with Gasteiger partial charge in [0.15, 0.2) is 19.4 Å². The van der Waals surface area contributed by atoms with E-state index in [1.807, 2.05) is 13.8 Å². The van der Waals surface area contributed by atoms with Gasteiger partial charge in [0.1, 0.15) is 22.8 Å². The molecule has 0 aromatic heterocycles.